The van der Waals surface area contributed by atoms with Gasteiger partial charge in [-0.05, 0) is 31.2 Å². The second kappa shape index (κ2) is 8.03. The molecule has 0 atom stereocenters. The molecule has 10 heteroatoms. The number of methoxy groups -OCH3 is 1. The lowest BCUT2D eigenvalue weighted by molar-refractivity contribution is 0.415. The Morgan fingerprint density at radius 3 is 2.31 bits per heavy atom. The molecular weight excluding hydrogens is 411 g/mol. The molecular formula is C22H23FN8O. The highest BCUT2D eigenvalue weighted by molar-refractivity contribution is 5.87. The summed E-state index contributed by atoms with van der Waals surface area (Å²) in [6.07, 6.45) is 3.21. The van der Waals surface area contributed by atoms with Gasteiger partial charge in [-0.3, -0.25) is 4.68 Å². The molecule has 9 nitrogen and oxygen atoms in total. The van der Waals surface area contributed by atoms with E-state index in [9.17, 15) is 0 Å². The summed E-state index contributed by atoms with van der Waals surface area (Å²) in [5.74, 6) is 2.17. The Kier molecular flexibility index (Phi) is 5.04. The van der Waals surface area contributed by atoms with E-state index in [4.69, 9.17) is 4.74 Å². The van der Waals surface area contributed by atoms with Gasteiger partial charge in [0.1, 0.15) is 29.4 Å². The van der Waals surface area contributed by atoms with E-state index >= 15 is 4.39 Å². The molecule has 5 rings (SSSR count). The highest BCUT2D eigenvalue weighted by Crippen LogP contribution is 2.29. The lowest BCUT2D eigenvalue weighted by Crippen LogP contribution is -2.47. The molecule has 1 aliphatic heterocycles. The molecule has 4 heterocycles. The van der Waals surface area contributed by atoms with Crippen molar-refractivity contribution in [1.82, 2.24) is 29.7 Å². The lowest BCUT2D eigenvalue weighted by Gasteiger charge is -2.36. The van der Waals surface area contributed by atoms with Gasteiger partial charge in [-0.2, -0.15) is 5.10 Å². The van der Waals surface area contributed by atoms with Crippen LogP contribution in [0.25, 0.3) is 22.3 Å². The molecule has 0 amide bonds. The topological polar surface area (TPSA) is 85.1 Å². The standard InChI is InChI=1S/C22H23FN8O/c1-14-27-20-17(12-26-29(20)2)21(28-14)30-8-10-31(11-9-30)22-18(23)19(24-13-25-22)15-4-6-16(32-3)7-5-15/h4-7,12-13H,8-11H2,1-3H3. The molecule has 0 radical (unpaired) electrons. The molecule has 0 spiro atoms. The van der Waals surface area contributed by atoms with Crippen molar-refractivity contribution >= 4 is 22.7 Å². The van der Waals surface area contributed by atoms with E-state index in [0.717, 1.165) is 16.9 Å². The van der Waals surface area contributed by atoms with Crippen LogP contribution in [0.3, 0.4) is 0 Å². The van der Waals surface area contributed by atoms with E-state index in [1.54, 1.807) is 42.3 Å². The maximum Gasteiger partial charge on any atom is 0.191 e. The number of aryl methyl sites for hydroxylation is 2. The Morgan fingerprint density at radius 1 is 0.938 bits per heavy atom. The molecule has 3 aromatic heterocycles. The first-order valence-corrected chi connectivity index (χ1v) is 10.4. The van der Waals surface area contributed by atoms with Crippen LogP contribution in [-0.4, -0.2) is 63.0 Å². The first-order chi connectivity index (χ1) is 15.5. The number of aromatic nitrogens is 6. The summed E-state index contributed by atoms with van der Waals surface area (Å²) in [7, 11) is 3.47. The van der Waals surface area contributed by atoms with Gasteiger partial charge in [0.15, 0.2) is 17.3 Å². The lowest BCUT2D eigenvalue weighted by atomic mass is 10.1. The van der Waals surface area contributed by atoms with Gasteiger partial charge in [-0.15, -0.1) is 0 Å². The van der Waals surface area contributed by atoms with Crippen LogP contribution in [-0.2, 0) is 7.05 Å². The number of hydrogen-bond donors (Lipinski definition) is 0. The summed E-state index contributed by atoms with van der Waals surface area (Å²) in [6, 6.07) is 7.17. The van der Waals surface area contributed by atoms with Gasteiger partial charge in [0.25, 0.3) is 0 Å². The molecule has 32 heavy (non-hydrogen) atoms. The van der Waals surface area contributed by atoms with E-state index in [2.05, 4.69) is 29.9 Å². The van der Waals surface area contributed by atoms with E-state index in [1.807, 2.05) is 18.9 Å². The van der Waals surface area contributed by atoms with Crippen molar-refractivity contribution in [3.63, 3.8) is 0 Å². The third-order valence-electron chi connectivity index (χ3n) is 5.70. The predicted molar refractivity (Wildman–Crippen MR) is 119 cm³/mol. The van der Waals surface area contributed by atoms with Gasteiger partial charge >= 0.3 is 0 Å². The van der Waals surface area contributed by atoms with Crippen molar-refractivity contribution in [3.05, 3.63) is 48.4 Å². The van der Waals surface area contributed by atoms with Crippen LogP contribution in [0.5, 0.6) is 5.75 Å². The van der Waals surface area contributed by atoms with Gasteiger partial charge in [0.05, 0.1) is 18.7 Å². The fourth-order valence-corrected chi connectivity index (χ4v) is 4.02. The van der Waals surface area contributed by atoms with Gasteiger partial charge in [0.2, 0.25) is 0 Å². The molecule has 0 saturated carbocycles. The molecule has 1 aromatic carbocycles. The van der Waals surface area contributed by atoms with Crippen LogP contribution in [0, 0.1) is 12.7 Å². The normalized spacial score (nSPS) is 14.2. The Labute approximate surface area is 184 Å². The second-order valence-electron chi connectivity index (χ2n) is 7.66. The predicted octanol–water partition coefficient (Wildman–Crippen LogP) is 2.60. The Hall–Kier alpha value is -3.82. The maximum atomic E-state index is 15.4. The zero-order valence-electron chi connectivity index (χ0n) is 18.2. The maximum absolute atomic E-state index is 15.4. The zero-order chi connectivity index (χ0) is 22.2. The minimum atomic E-state index is -0.418. The molecule has 0 bridgehead atoms. The van der Waals surface area contributed by atoms with Crippen molar-refractivity contribution in [3.8, 4) is 17.0 Å². The molecule has 4 aromatic rings. The van der Waals surface area contributed by atoms with Crippen LogP contribution >= 0.6 is 0 Å². The van der Waals surface area contributed by atoms with Crippen molar-refractivity contribution in [2.75, 3.05) is 43.1 Å². The fourth-order valence-electron chi connectivity index (χ4n) is 4.02. The summed E-state index contributed by atoms with van der Waals surface area (Å²) in [5, 5.41) is 5.24. The quantitative estimate of drug-likeness (QED) is 0.485. The Bertz CT molecular complexity index is 1270. The van der Waals surface area contributed by atoms with Gasteiger partial charge in [-0.25, -0.2) is 24.3 Å². The fraction of sp³-hybridized carbons (Fsp3) is 0.318. The third-order valence-corrected chi connectivity index (χ3v) is 5.70. The summed E-state index contributed by atoms with van der Waals surface area (Å²) >= 11 is 0. The van der Waals surface area contributed by atoms with Crippen LogP contribution in [0.15, 0.2) is 36.8 Å². The molecule has 1 saturated heterocycles. The number of hydrogen-bond acceptors (Lipinski definition) is 8. The van der Waals surface area contributed by atoms with E-state index < -0.39 is 5.82 Å². The number of halogens is 1. The summed E-state index contributed by atoms with van der Waals surface area (Å²) in [4.78, 5) is 21.7. The van der Waals surface area contributed by atoms with E-state index in [0.29, 0.717) is 49.1 Å². The molecule has 0 unspecified atom stereocenters. The second-order valence-corrected chi connectivity index (χ2v) is 7.66. The van der Waals surface area contributed by atoms with Crippen molar-refractivity contribution in [1.29, 1.82) is 0 Å². The summed E-state index contributed by atoms with van der Waals surface area (Å²) in [5.41, 5.74) is 1.77. The first-order valence-electron chi connectivity index (χ1n) is 10.4. The molecule has 164 valence electrons. The average Bonchev–Trinajstić information content (AvgIpc) is 3.19. The van der Waals surface area contributed by atoms with E-state index in [1.165, 1.54) is 6.33 Å². The summed E-state index contributed by atoms with van der Waals surface area (Å²) in [6.45, 7) is 4.47. The SMILES string of the molecule is COc1ccc(-c2ncnc(N3CCN(c4nc(C)nc5c4cnn5C)CC3)c2F)cc1. The third kappa shape index (κ3) is 3.47. The first kappa shape index (κ1) is 20.1. The van der Waals surface area contributed by atoms with Crippen LogP contribution in [0.4, 0.5) is 16.0 Å². The van der Waals surface area contributed by atoms with Crippen LogP contribution in [0.2, 0.25) is 0 Å². The van der Waals surface area contributed by atoms with Gasteiger partial charge in [-0.1, -0.05) is 0 Å². The average molecular weight is 434 g/mol. The largest absolute Gasteiger partial charge is 0.497 e. The number of rotatable bonds is 4. The molecule has 0 N–H and O–H groups in total. The zero-order valence-corrected chi connectivity index (χ0v) is 18.2. The number of ether oxygens (including phenoxy) is 1. The van der Waals surface area contributed by atoms with Crippen molar-refractivity contribution in [2.24, 2.45) is 7.05 Å². The number of anilines is 2. The highest BCUT2D eigenvalue weighted by Gasteiger charge is 2.25. The monoisotopic (exact) mass is 434 g/mol. The van der Waals surface area contributed by atoms with Crippen molar-refractivity contribution < 1.29 is 9.13 Å². The number of benzene rings is 1. The van der Waals surface area contributed by atoms with Gasteiger partial charge < -0.3 is 14.5 Å². The van der Waals surface area contributed by atoms with Crippen LogP contribution in [0.1, 0.15) is 5.82 Å². The van der Waals surface area contributed by atoms with Crippen LogP contribution < -0.4 is 14.5 Å². The molecule has 1 fully saturated rings. The minimum absolute atomic E-state index is 0.281. The highest BCUT2D eigenvalue weighted by atomic mass is 19.1. The smallest absolute Gasteiger partial charge is 0.191 e. The Balaban J connectivity index is 1.38. The minimum Gasteiger partial charge on any atom is -0.497 e. The summed E-state index contributed by atoms with van der Waals surface area (Å²) < 4.78 is 22.3. The number of fused-ring (bicyclic) bond motifs is 1. The molecule has 1 aliphatic rings. The van der Waals surface area contributed by atoms with Crippen molar-refractivity contribution in [2.45, 2.75) is 6.92 Å². The number of piperazine rings is 1. The van der Waals surface area contributed by atoms with E-state index in [-0.39, 0.29) is 5.69 Å². The Morgan fingerprint density at radius 2 is 1.62 bits per heavy atom. The number of nitrogens with zero attached hydrogens (tertiary/aromatic N) is 8. The van der Waals surface area contributed by atoms with Gasteiger partial charge in [0, 0.05) is 38.8 Å². The molecule has 0 aliphatic carbocycles.